The largest absolute Gasteiger partial charge is 0.423 e. The number of ether oxygens (including phenoxy) is 1. The molecule has 0 radical (unpaired) electrons. The van der Waals surface area contributed by atoms with E-state index in [9.17, 15) is 28.5 Å². The molecule has 7 atom stereocenters. The van der Waals surface area contributed by atoms with Gasteiger partial charge in [-0.2, -0.15) is 0 Å². The predicted octanol–water partition coefficient (Wildman–Crippen LogP) is 1.71. The number of hydrogen-bond acceptors (Lipinski definition) is 7. The topological polar surface area (TPSA) is 147 Å². The van der Waals surface area contributed by atoms with Crippen molar-refractivity contribution >= 4 is 16.0 Å². The fraction of sp³-hybridized carbons (Fsp3) is 0.480. The molecule has 3 aliphatic rings. The Morgan fingerprint density at radius 3 is 2.59 bits per heavy atom. The number of esters is 1. The van der Waals surface area contributed by atoms with Gasteiger partial charge in [0.1, 0.15) is 11.9 Å². The zero-order chi connectivity index (χ0) is 24.4. The number of primary sulfonamides is 1. The van der Waals surface area contributed by atoms with Gasteiger partial charge in [-0.05, 0) is 84.9 Å². The highest BCUT2D eigenvalue weighted by atomic mass is 32.2. The number of aliphatic hydroxyl groups excluding tert-OH is 3. The second kappa shape index (κ2) is 8.13. The third-order valence-electron chi connectivity index (χ3n) is 8.32. The number of hydrogen-bond donors (Lipinski definition) is 4. The molecule has 0 amide bonds. The van der Waals surface area contributed by atoms with Crippen LogP contribution in [-0.4, -0.2) is 48.0 Å². The Labute approximate surface area is 198 Å². The van der Waals surface area contributed by atoms with E-state index >= 15 is 0 Å². The fourth-order valence-corrected chi connectivity index (χ4v) is 7.20. The summed E-state index contributed by atoms with van der Waals surface area (Å²) in [5.41, 5.74) is 1.81. The van der Waals surface area contributed by atoms with Crippen LogP contribution in [0.1, 0.15) is 53.6 Å². The molecule has 0 bridgehead atoms. The van der Waals surface area contributed by atoms with E-state index in [4.69, 9.17) is 9.88 Å². The predicted molar refractivity (Wildman–Crippen MR) is 123 cm³/mol. The van der Waals surface area contributed by atoms with E-state index in [0.29, 0.717) is 12.2 Å². The second-order valence-electron chi connectivity index (χ2n) is 10.1. The van der Waals surface area contributed by atoms with Crippen LogP contribution in [0.5, 0.6) is 5.75 Å². The number of benzene rings is 2. The molecule has 5 N–H and O–H groups in total. The summed E-state index contributed by atoms with van der Waals surface area (Å²) in [5.74, 6) is -0.124. The van der Waals surface area contributed by atoms with Crippen molar-refractivity contribution in [2.75, 3.05) is 0 Å². The first-order valence-electron chi connectivity index (χ1n) is 11.5. The van der Waals surface area contributed by atoms with Crippen LogP contribution in [0.3, 0.4) is 0 Å². The van der Waals surface area contributed by atoms with Crippen LogP contribution in [0.25, 0.3) is 0 Å². The third kappa shape index (κ3) is 3.67. The lowest BCUT2D eigenvalue weighted by Crippen LogP contribution is -2.46. The lowest BCUT2D eigenvalue weighted by atomic mass is 9.55. The number of sulfonamides is 1. The number of carbonyl (C=O) groups is 1. The van der Waals surface area contributed by atoms with E-state index < -0.39 is 39.7 Å². The fourth-order valence-electron chi connectivity index (χ4n) is 6.64. The standard InChI is InChI=1S/C25H29NO7S/c1-25-10-9-18-17-8-6-15(33-24(30)14-3-2-4-16(12-14)34(26,31)32)11-13(17)5-7-19(18)20(25)21(27)22(28)23(25)29/h2-4,6,8,11-12,18-23,27-29H,5,7,9-10H2,1H3,(H2,26,31,32)/t18?,19?,20?,21?,22-,23+,25+/m1/s1. The SMILES string of the molecule is C[C@]12CCC3c4ccc(OC(=O)c5cccc(S(N)(=O)=O)c5)cc4CCC3C1C(O)[C@@H](O)[C@@H]2O. The number of aryl methyl sites for hydroxylation is 1. The van der Waals surface area contributed by atoms with Gasteiger partial charge in [0.05, 0.1) is 22.7 Å². The summed E-state index contributed by atoms with van der Waals surface area (Å²) in [7, 11) is -3.93. The van der Waals surface area contributed by atoms with E-state index in [1.54, 1.807) is 6.07 Å². The van der Waals surface area contributed by atoms with Crippen LogP contribution in [0.15, 0.2) is 47.4 Å². The summed E-state index contributed by atoms with van der Waals surface area (Å²) in [6, 6.07) is 10.9. The molecule has 34 heavy (non-hydrogen) atoms. The van der Waals surface area contributed by atoms with E-state index in [1.807, 2.05) is 19.1 Å². The Balaban J connectivity index is 1.37. The minimum absolute atomic E-state index is 0.0863. The van der Waals surface area contributed by atoms with E-state index in [0.717, 1.165) is 30.4 Å². The summed E-state index contributed by atoms with van der Waals surface area (Å²) in [5, 5.41) is 36.8. The van der Waals surface area contributed by atoms with Crippen LogP contribution in [0, 0.1) is 17.3 Å². The molecule has 0 saturated heterocycles. The van der Waals surface area contributed by atoms with Crippen LogP contribution in [0.4, 0.5) is 0 Å². The van der Waals surface area contributed by atoms with Crippen LogP contribution >= 0.6 is 0 Å². The van der Waals surface area contributed by atoms with Crippen LogP contribution in [-0.2, 0) is 16.4 Å². The number of carbonyl (C=O) groups excluding carboxylic acids is 1. The lowest BCUT2D eigenvalue weighted by molar-refractivity contribution is -0.0505. The molecule has 0 aromatic heterocycles. The zero-order valence-corrected chi connectivity index (χ0v) is 19.6. The van der Waals surface area contributed by atoms with Gasteiger partial charge in [-0.1, -0.05) is 19.1 Å². The lowest BCUT2D eigenvalue weighted by Gasteiger charge is -2.50. The highest BCUT2D eigenvalue weighted by molar-refractivity contribution is 7.89. The normalized spacial score (nSPS) is 34.6. The van der Waals surface area contributed by atoms with E-state index in [-0.39, 0.29) is 28.2 Å². The Morgan fingerprint density at radius 2 is 1.85 bits per heavy atom. The van der Waals surface area contributed by atoms with Crippen molar-refractivity contribution in [3.63, 3.8) is 0 Å². The molecule has 4 unspecified atom stereocenters. The molecular formula is C25H29NO7S. The van der Waals surface area contributed by atoms with Gasteiger partial charge in [0.25, 0.3) is 0 Å². The molecule has 0 spiro atoms. The van der Waals surface area contributed by atoms with Crippen LogP contribution < -0.4 is 9.88 Å². The number of nitrogens with two attached hydrogens (primary N) is 1. The van der Waals surface area contributed by atoms with Crippen molar-refractivity contribution in [1.29, 1.82) is 0 Å². The minimum Gasteiger partial charge on any atom is -0.423 e. The summed E-state index contributed by atoms with van der Waals surface area (Å²) in [4.78, 5) is 12.5. The van der Waals surface area contributed by atoms with Gasteiger partial charge in [-0.3, -0.25) is 0 Å². The second-order valence-corrected chi connectivity index (χ2v) is 11.7. The van der Waals surface area contributed by atoms with Gasteiger partial charge in [-0.25, -0.2) is 18.4 Å². The van der Waals surface area contributed by atoms with Gasteiger partial charge >= 0.3 is 5.97 Å². The summed E-state index contributed by atoms with van der Waals surface area (Å²) in [6.07, 6.45) is 0.110. The highest BCUT2D eigenvalue weighted by Crippen LogP contribution is 2.61. The Morgan fingerprint density at radius 1 is 1.09 bits per heavy atom. The van der Waals surface area contributed by atoms with Crippen molar-refractivity contribution in [3.8, 4) is 5.75 Å². The van der Waals surface area contributed by atoms with Crippen molar-refractivity contribution in [3.05, 3.63) is 59.2 Å². The maximum atomic E-state index is 12.6. The average molecular weight is 488 g/mol. The Bertz CT molecular complexity index is 1250. The summed E-state index contributed by atoms with van der Waals surface area (Å²) >= 11 is 0. The Hall–Kier alpha value is -2.30. The summed E-state index contributed by atoms with van der Waals surface area (Å²) in [6.45, 7) is 1.97. The zero-order valence-electron chi connectivity index (χ0n) is 18.8. The third-order valence-corrected chi connectivity index (χ3v) is 9.23. The first-order valence-corrected chi connectivity index (χ1v) is 13.1. The summed E-state index contributed by atoms with van der Waals surface area (Å²) < 4.78 is 28.7. The number of rotatable bonds is 3. The molecule has 182 valence electrons. The molecule has 2 fully saturated rings. The molecule has 2 saturated carbocycles. The van der Waals surface area contributed by atoms with Gasteiger partial charge in [0, 0.05) is 5.41 Å². The molecule has 0 aliphatic heterocycles. The molecule has 2 aromatic rings. The highest BCUT2D eigenvalue weighted by Gasteiger charge is 2.62. The monoisotopic (exact) mass is 487 g/mol. The smallest absolute Gasteiger partial charge is 0.343 e. The van der Waals surface area contributed by atoms with Crippen molar-refractivity contribution in [2.45, 2.75) is 61.7 Å². The van der Waals surface area contributed by atoms with E-state index in [2.05, 4.69) is 0 Å². The maximum Gasteiger partial charge on any atom is 0.343 e. The van der Waals surface area contributed by atoms with Crippen LogP contribution in [0.2, 0.25) is 0 Å². The first-order chi connectivity index (χ1) is 16.0. The van der Waals surface area contributed by atoms with E-state index in [1.165, 1.54) is 24.3 Å². The molecule has 9 heteroatoms. The number of aliphatic hydroxyl groups is 3. The van der Waals surface area contributed by atoms with Gasteiger partial charge < -0.3 is 20.1 Å². The quantitative estimate of drug-likeness (QED) is 0.381. The first kappa shape index (κ1) is 23.4. The van der Waals surface area contributed by atoms with Crippen molar-refractivity contribution in [1.82, 2.24) is 0 Å². The maximum absolute atomic E-state index is 12.6. The van der Waals surface area contributed by atoms with Gasteiger partial charge in [0.2, 0.25) is 10.0 Å². The average Bonchev–Trinajstić information content (AvgIpc) is 2.98. The molecule has 2 aromatic carbocycles. The molecule has 5 rings (SSSR count). The Kier molecular flexibility index (Phi) is 5.61. The van der Waals surface area contributed by atoms with Crippen molar-refractivity contribution < 1.29 is 33.3 Å². The minimum atomic E-state index is -3.93. The van der Waals surface area contributed by atoms with Crippen molar-refractivity contribution in [2.24, 2.45) is 22.4 Å². The number of fused-ring (bicyclic) bond motifs is 5. The van der Waals surface area contributed by atoms with Gasteiger partial charge in [0.15, 0.2) is 0 Å². The molecule has 3 aliphatic carbocycles. The van der Waals surface area contributed by atoms with Gasteiger partial charge in [-0.15, -0.1) is 0 Å². The molecular weight excluding hydrogens is 458 g/mol. The molecule has 8 nitrogen and oxygen atoms in total. The molecule has 0 heterocycles.